The predicted molar refractivity (Wildman–Crippen MR) is 107 cm³/mol. The molecule has 1 aromatic carbocycles. The highest BCUT2D eigenvalue weighted by atomic mass is 35.5. The molecule has 146 valence electrons. The lowest BCUT2D eigenvalue weighted by atomic mass is 9.95. The van der Waals surface area contributed by atoms with Crippen molar-refractivity contribution in [2.45, 2.75) is 51.6 Å². The SMILES string of the molecule is CCc1ccc(CC(=O)N2CCC(c3nnc4n3CCNC4)CC2)cc1.Cl. The molecular weight excluding hydrogens is 362 g/mol. The standard InChI is InChI=1S/C20H27N5O.ClH/c1-2-15-3-5-16(6-4-15)13-19(26)24-10-7-17(8-11-24)20-23-22-18-14-21-9-12-25(18)20;/h3-6,17,21H,2,7-14H2,1H3;1H. The van der Waals surface area contributed by atoms with Crippen LogP contribution in [0.15, 0.2) is 24.3 Å². The number of nitrogens with zero attached hydrogens (tertiary/aromatic N) is 4. The number of likely N-dealkylation sites (tertiary alicyclic amines) is 1. The summed E-state index contributed by atoms with van der Waals surface area (Å²) in [6.45, 7) is 6.51. The number of nitrogens with one attached hydrogen (secondary N) is 1. The van der Waals surface area contributed by atoms with Gasteiger partial charge in [-0.05, 0) is 30.4 Å². The van der Waals surface area contributed by atoms with Crippen molar-refractivity contribution in [3.8, 4) is 0 Å². The van der Waals surface area contributed by atoms with Gasteiger partial charge in [-0.3, -0.25) is 4.79 Å². The summed E-state index contributed by atoms with van der Waals surface area (Å²) >= 11 is 0. The van der Waals surface area contributed by atoms with E-state index in [1.165, 1.54) is 5.56 Å². The number of hydrogen-bond acceptors (Lipinski definition) is 4. The van der Waals surface area contributed by atoms with Crippen LogP contribution >= 0.6 is 12.4 Å². The molecule has 7 heteroatoms. The Balaban J connectivity index is 0.00000210. The van der Waals surface area contributed by atoms with Crippen LogP contribution in [0.5, 0.6) is 0 Å². The highest BCUT2D eigenvalue weighted by Gasteiger charge is 2.28. The first-order chi connectivity index (χ1) is 12.7. The molecule has 2 aromatic rings. The highest BCUT2D eigenvalue weighted by molar-refractivity contribution is 5.85. The molecule has 1 aromatic heterocycles. The van der Waals surface area contributed by atoms with E-state index in [1.54, 1.807) is 0 Å². The van der Waals surface area contributed by atoms with Crippen LogP contribution in [0.1, 0.15) is 48.5 Å². The number of aryl methyl sites for hydroxylation is 1. The number of amides is 1. The third-order valence-corrected chi connectivity index (χ3v) is 5.65. The largest absolute Gasteiger partial charge is 0.342 e. The molecule has 2 aliphatic heterocycles. The number of halogens is 1. The van der Waals surface area contributed by atoms with Gasteiger partial charge in [0.1, 0.15) is 11.6 Å². The van der Waals surface area contributed by atoms with Crippen molar-refractivity contribution in [2.75, 3.05) is 19.6 Å². The maximum atomic E-state index is 12.6. The van der Waals surface area contributed by atoms with Gasteiger partial charge in [-0.25, -0.2) is 0 Å². The number of carbonyl (C=O) groups is 1. The van der Waals surface area contributed by atoms with E-state index in [1.807, 2.05) is 4.90 Å². The molecular formula is C20H28ClN5O. The van der Waals surface area contributed by atoms with Crippen molar-refractivity contribution >= 4 is 18.3 Å². The molecule has 2 aliphatic rings. The van der Waals surface area contributed by atoms with E-state index >= 15 is 0 Å². The summed E-state index contributed by atoms with van der Waals surface area (Å²) in [5, 5.41) is 12.1. The Morgan fingerprint density at radius 1 is 1.11 bits per heavy atom. The second kappa shape index (κ2) is 8.85. The van der Waals surface area contributed by atoms with E-state index in [-0.39, 0.29) is 18.3 Å². The lowest BCUT2D eigenvalue weighted by molar-refractivity contribution is -0.131. The van der Waals surface area contributed by atoms with Crippen molar-refractivity contribution in [1.82, 2.24) is 25.0 Å². The minimum atomic E-state index is 0. The summed E-state index contributed by atoms with van der Waals surface area (Å²) < 4.78 is 2.27. The molecule has 0 saturated carbocycles. The Morgan fingerprint density at radius 2 is 1.81 bits per heavy atom. The molecule has 1 saturated heterocycles. The summed E-state index contributed by atoms with van der Waals surface area (Å²) in [6, 6.07) is 8.41. The molecule has 0 bridgehead atoms. The molecule has 0 spiro atoms. The van der Waals surface area contributed by atoms with Crippen molar-refractivity contribution in [1.29, 1.82) is 0 Å². The van der Waals surface area contributed by atoms with Gasteiger partial charge < -0.3 is 14.8 Å². The van der Waals surface area contributed by atoms with Crippen LogP contribution in [0.25, 0.3) is 0 Å². The van der Waals surface area contributed by atoms with Crippen LogP contribution in [0, 0.1) is 0 Å². The second-order valence-corrected chi connectivity index (χ2v) is 7.30. The van der Waals surface area contributed by atoms with Gasteiger partial charge in [0, 0.05) is 32.1 Å². The summed E-state index contributed by atoms with van der Waals surface area (Å²) in [5.74, 6) is 2.81. The lowest BCUT2D eigenvalue weighted by Gasteiger charge is -2.32. The minimum Gasteiger partial charge on any atom is -0.342 e. The number of piperidine rings is 1. The average Bonchev–Trinajstić information content (AvgIpc) is 3.13. The fraction of sp³-hybridized carbons (Fsp3) is 0.550. The fourth-order valence-corrected chi connectivity index (χ4v) is 3.98. The van der Waals surface area contributed by atoms with Crippen LogP contribution < -0.4 is 5.32 Å². The molecule has 0 aliphatic carbocycles. The fourth-order valence-electron chi connectivity index (χ4n) is 3.98. The summed E-state index contributed by atoms with van der Waals surface area (Å²) in [5.41, 5.74) is 2.42. The monoisotopic (exact) mass is 389 g/mol. The summed E-state index contributed by atoms with van der Waals surface area (Å²) in [4.78, 5) is 14.6. The van der Waals surface area contributed by atoms with E-state index in [2.05, 4.69) is 51.3 Å². The molecule has 1 fully saturated rings. The van der Waals surface area contributed by atoms with E-state index in [0.29, 0.717) is 12.3 Å². The first kappa shape index (κ1) is 19.8. The van der Waals surface area contributed by atoms with Crippen LogP contribution in [0.2, 0.25) is 0 Å². The van der Waals surface area contributed by atoms with Gasteiger partial charge in [-0.2, -0.15) is 0 Å². The van der Waals surface area contributed by atoms with Gasteiger partial charge >= 0.3 is 0 Å². The number of rotatable bonds is 4. The third kappa shape index (κ3) is 4.33. The van der Waals surface area contributed by atoms with Crippen LogP contribution in [-0.2, 0) is 30.7 Å². The van der Waals surface area contributed by atoms with Gasteiger partial charge in [-0.15, -0.1) is 22.6 Å². The molecule has 27 heavy (non-hydrogen) atoms. The van der Waals surface area contributed by atoms with Gasteiger partial charge in [0.05, 0.1) is 13.0 Å². The van der Waals surface area contributed by atoms with E-state index in [9.17, 15) is 4.79 Å². The molecule has 4 rings (SSSR count). The van der Waals surface area contributed by atoms with Gasteiger partial charge in [0.2, 0.25) is 5.91 Å². The Kier molecular flexibility index (Phi) is 6.50. The molecule has 0 atom stereocenters. The maximum Gasteiger partial charge on any atom is 0.226 e. The number of hydrogen-bond donors (Lipinski definition) is 1. The van der Waals surface area contributed by atoms with Gasteiger partial charge in [0.25, 0.3) is 0 Å². The Morgan fingerprint density at radius 3 is 2.52 bits per heavy atom. The maximum absolute atomic E-state index is 12.6. The molecule has 3 heterocycles. The van der Waals surface area contributed by atoms with Crippen molar-refractivity contribution < 1.29 is 4.79 Å². The zero-order chi connectivity index (χ0) is 17.9. The molecule has 1 N–H and O–H groups in total. The summed E-state index contributed by atoms with van der Waals surface area (Å²) in [7, 11) is 0. The van der Waals surface area contributed by atoms with E-state index in [4.69, 9.17) is 0 Å². The third-order valence-electron chi connectivity index (χ3n) is 5.65. The number of benzene rings is 1. The zero-order valence-electron chi connectivity index (χ0n) is 15.9. The van der Waals surface area contributed by atoms with Crippen molar-refractivity contribution in [3.05, 3.63) is 47.0 Å². The molecule has 6 nitrogen and oxygen atoms in total. The number of carbonyl (C=O) groups excluding carboxylic acids is 1. The summed E-state index contributed by atoms with van der Waals surface area (Å²) in [6.07, 6.45) is 3.49. The topological polar surface area (TPSA) is 63.1 Å². The Hall–Kier alpha value is -1.92. The average molecular weight is 390 g/mol. The van der Waals surface area contributed by atoms with Crippen molar-refractivity contribution in [2.24, 2.45) is 0 Å². The number of aromatic nitrogens is 3. The Labute approximate surface area is 166 Å². The molecule has 1 amide bonds. The normalized spacial score (nSPS) is 17.3. The van der Waals surface area contributed by atoms with Crippen molar-refractivity contribution in [3.63, 3.8) is 0 Å². The molecule has 0 unspecified atom stereocenters. The van der Waals surface area contributed by atoms with E-state index in [0.717, 1.165) is 69.2 Å². The lowest BCUT2D eigenvalue weighted by Crippen LogP contribution is -2.39. The minimum absolute atomic E-state index is 0. The molecule has 0 radical (unpaired) electrons. The van der Waals surface area contributed by atoms with Gasteiger partial charge in [0.15, 0.2) is 0 Å². The first-order valence-corrected chi connectivity index (χ1v) is 9.73. The van der Waals surface area contributed by atoms with Crippen LogP contribution in [-0.4, -0.2) is 45.2 Å². The number of fused-ring (bicyclic) bond motifs is 1. The van der Waals surface area contributed by atoms with Crippen LogP contribution in [0.3, 0.4) is 0 Å². The highest BCUT2D eigenvalue weighted by Crippen LogP contribution is 2.28. The smallest absolute Gasteiger partial charge is 0.226 e. The van der Waals surface area contributed by atoms with Gasteiger partial charge in [-0.1, -0.05) is 31.2 Å². The Bertz CT molecular complexity index is 765. The second-order valence-electron chi connectivity index (χ2n) is 7.30. The van der Waals surface area contributed by atoms with Crippen LogP contribution in [0.4, 0.5) is 0 Å². The predicted octanol–water partition coefficient (Wildman–Crippen LogP) is 2.31. The zero-order valence-corrected chi connectivity index (χ0v) is 16.7. The first-order valence-electron chi connectivity index (χ1n) is 9.73. The van der Waals surface area contributed by atoms with E-state index < -0.39 is 0 Å². The quantitative estimate of drug-likeness (QED) is 0.871.